The first-order valence-corrected chi connectivity index (χ1v) is 7.82. The van der Waals surface area contributed by atoms with Gasteiger partial charge in [0.25, 0.3) is 0 Å². The fourth-order valence-electron chi connectivity index (χ4n) is 1.85. The van der Waals surface area contributed by atoms with Gasteiger partial charge in [0.1, 0.15) is 17.0 Å². The largest absolute Gasteiger partial charge is 0.443 e. The van der Waals surface area contributed by atoms with Crippen LogP contribution in [0, 0.1) is 6.92 Å². The first-order chi connectivity index (χ1) is 11.5. The molecular weight excluding hydrogens is 353 g/mol. The zero-order chi connectivity index (χ0) is 20.5. The van der Waals surface area contributed by atoms with E-state index in [-0.39, 0.29) is 11.5 Å². The third-order valence-corrected chi connectivity index (χ3v) is 2.76. The minimum atomic E-state index is -4.60. The lowest BCUT2D eigenvalue weighted by atomic mass is 10.2. The Kier molecular flexibility index (Phi) is 5.95. The zero-order valence-electron chi connectivity index (χ0n) is 15.8. The monoisotopic (exact) mass is 376 g/mol. The van der Waals surface area contributed by atoms with Gasteiger partial charge >= 0.3 is 18.4 Å². The van der Waals surface area contributed by atoms with Crippen LogP contribution >= 0.6 is 0 Å². The highest BCUT2D eigenvalue weighted by molar-refractivity contribution is 6.08. The maximum atomic E-state index is 12.9. The van der Waals surface area contributed by atoms with Crippen LogP contribution in [0.2, 0.25) is 0 Å². The van der Waals surface area contributed by atoms with Gasteiger partial charge in [-0.15, -0.1) is 0 Å². The molecule has 0 aliphatic carbocycles. The molecule has 0 atom stereocenters. The van der Waals surface area contributed by atoms with Crippen LogP contribution in [0.3, 0.4) is 0 Å². The third kappa shape index (κ3) is 6.20. The number of nitrogens with zero attached hydrogens (tertiary/aromatic N) is 2. The molecule has 0 fully saturated rings. The van der Waals surface area contributed by atoms with Crippen molar-refractivity contribution in [3.05, 3.63) is 23.4 Å². The molecule has 0 unspecified atom stereocenters. The summed E-state index contributed by atoms with van der Waals surface area (Å²) in [6.07, 6.45) is -6.80. The van der Waals surface area contributed by atoms with Gasteiger partial charge in [-0.1, -0.05) is 0 Å². The van der Waals surface area contributed by atoms with Gasteiger partial charge in [-0.2, -0.15) is 18.1 Å². The predicted molar refractivity (Wildman–Crippen MR) is 88.9 cm³/mol. The van der Waals surface area contributed by atoms with E-state index in [0.717, 1.165) is 19.1 Å². The summed E-state index contributed by atoms with van der Waals surface area (Å²) in [6, 6.07) is 1.67. The Bertz CT molecular complexity index is 661. The molecule has 0 aromatic carbocycles. The molecule has 0 spiro atoms. The molecule has 0 saturated heterocycles. The number of aromatic nitrogens is 1. The number of imide groups is 1. The highest BCUT2D eigenvalue weighted by atomic mass is 19.4. The van der Waals surface area contributed by atoms with Crippen LogP contribution in [0.4, 0.5) is 28.6 Å². The third-order valence-electron chi connectivity index (χ3n) is 2.76. The van der Waals surface area contributed by atoms with E-state index in [9.17, 15) is 22.8 Å². The molecule has 0 N–H and O–H groups in total. The van der Waals surface area contributed by atoms with Gasteiger partial charge in [0, 0.05) is 0 Å². The minimum absolute atomic E-state index is 0.320. The van der Waals surface area contributed by atoms with Crippen LogP contribution in [-0.4, -0.2) is 28.4 Å². The van der Waals surface area contributed by atoms with Gasteiger partial charge in [0.15, 0.2) is 0 Å². The number of hydrogen-bond acceptors (Lipinski definition) is 5. The highest BCUT2D eigenvalue weighted by Crippen LogP contribution is 2.32. The molecule has 0 aliphatic rings. The summed E-state index contributed by atoms with van der Waals surface area (Å²) in [6.45, 7) is 10.7. The predicted octanol–water partition coefficient (Wildman–Crippen LogP) is 5.09. The summed E-state index contributed by atoms with van der Waals surface area (Å²) in [5, 5.41) is 0. The van der Waals surface area contributed by atoms with Crippen LogP contribution in [-0.2, 0) is 15.7 Å². The molecule has 2 amide bonds. The van der Waals surface area contributed by atoms with E-state index in [1.165, 1.54) is 0 Å². The lowest BCUT2D eigenvalue weighted by Gasteiger charge is -2.28. The Balaban J connectivity index is 3.34. The average Bonchev–Trinajstić information content (AvgIpc) is 2.32. The van der Waals surface area contributed by atoms with Crippen molar-refractivity contribution >= 4 is 18.0 Å². The molecule has 26 heavy (non-hydrogen) atoms. The van der Waals surface area contributed by atoms with Gasteiger partial charge < -0.3 is 9.47 Å². The molecule has 9 heteroatoms. The van der Waals surface area contributed by atoms with E-state index in [1.54, 1.807) is 41.5 Å². The highest BCUT2D eigenvalue weighted by Gasteiger charge is 2.36. The number of hydrogen-bond donors (Lipinski definition) is 0. The van der Waals surface area contributed by atoms with E-state index in [0.29, 0.717) is 4.90 Å². The Hall–Kier alpha value is -2.32. The van der Waals surface area contributed by atoms with Crippen LogP contribution in [0.15, 0.2) is 12.1 Å². The van der Waals surface area contributed by atoms with Crippen molar-refractivity contribution in [2.75, 3.05) is 4.90 Å². The number of alkyl halides is 3. The number of halogens is 3. The Morgan fingerprint density at radius 3 is 1.65 bits per heavy atom. The summed E-state index contributed by atoms with van der Waals surface area (Å²) in [5.41, 5.74) is -3.21. The number of carbonyl (C=O) groups is 2. The molecule has 0 radical (unpaired) electrons. The minimum Gasteiger partial charge on any atom is -0.443 e. The normalized spacial score (nSPS) is 12.5. The number of aryl methyl sites for hydroxylation is 1. The maximum absolute atomic E-state index is 12.9. The molecular formula is C17H23F3N2O4. The fraction of sp³-hybridized carbons (Fsp3) is 0.588. The second-order valence-electron chi connectivity index (χ2n) is 7.60. The quantitative estimate of drug-likeness (QED) is 0.683. The summed E-state index contributed by atoms with van der Waals surface area (Å²) in [5.74, 6) is -0.320. The van der Waals surface area contributed by atoms with E-state index < -0.39 is 35.1 Å². The van der Waals surface area contributed by atoms with Gasteiger partial charge in [0.2, 0.25) is 0 Å². The average molecular weight is 376 g/mol. The van der Waals surface area contributed by atoms with Gasteiger partial charge in [-0.3, -0.25) is 0 Å². The fourth-order valence-corrected chi connectivity index (χ4v) is 1.85. The lowest BCUT2D eigenvalue weighted by molar-refractivity contribution is -0.138. The smallest absolute Gasteiger partial charge is 0.425 e. The number of rotatable bonds is 1. The number of ether oxygens (including phenoxy) is 2. The molecule has 6 nitrogen and oxygen atoms in total. The van der Waals surface area contributed by atoms with E-state index in [1.807, 2.05) is 0 Å². The Morgan fingerprint density at radius 1 is 0.923 bits per heavy atom. The molecule has 1 heterocycles. The Morgan fingerprint density at radius 2 is 1.35 bits per heavy atom. The van der Waals surface area contributed by atoms with Crippen LogP contribution in [0.5, 0.6) is 0 Å². The van der Waals surface area contributed by atoms with Crippen molar-refractivity contribution in [2.45, 2.75) is 65.8 Å². The molecule has 0 saturated carbocycles. The van der Waals surface area contributed by atoms with Crippen LogP contribution in [0.25, 0.3) is 0 Å². The van der Waals surface area contributed by atoms with Gasteiger partial charge in [-0.25, -0.2) is 14.6 Å². The first-order valence-electron chi connectivity index (χ1n) is 7.82. The molecule has 1 aromatic rings. The van der Waals surface area contributed by atoms with Crippen LogP contribution in [0.1, 0.15) is 52.8 Å². The number of anilines is 1. The van der Waals surface area contributed by atoms with E-state index >= 15 is 0 Å². The van der Waals surface area contributed by atoms with Crippen molar-refractivity contribution in [1.82, 2.24) is 4.98 Å². The standard InChI is InChI=1S/C17H23F3N2O4/c1-10-11(17(18,19)20)8-9-12(21-10)22(13(23)25-15(2,3)4)14(24)26-16(5,6)7/h8-9H,1-7H3. The SMILES string of the molecule is Cc1nc(N(C(=O)OC(C)(C)C)C(=O)OC(C)(C)C)ccc1C(F)(F)F. The first kappa shape index (κ1) is 21.7. The second-order valence-corrected chi connectivity index (χ2v) is 7.60. The molecule has 1 rings (SSSR count). The second kappa shape index (κ2) is 7.13. The molecule has 0 aliphatic heterocycles. The van der Waals surface area contributed by atoms with Crippen molar-refractivity contribution in [2.24, 2.45) is 0 Å². The summed E-state index contributed by atoms with van der Waals surface area (Å²) < 4.78 is 49.0. The lowest BCUT2D eigenvalue weighted by Crippen LogP contribution is -2.44. The van der Waals surface area contributed by atoms with Crippen molar-refractivity contribution in [1.29, 1.82) is 0 Å². The summed E-state index contributed by atoms with van der Waals surface area (Å²) >= 11 is 0. The summed E-state index contributed by atoms with van der Waals surface area (Å²) in [7, 11) is 0. The molecule has 146 valence electrons. The number of carbonyl (C=O) groups excluding carboxylic acids is 2. The molecule has 0 bridgehead atoms. The number of pyridine rings is 1. The van der Waals surface area contributed by atoms with Crippen molar-refractivity contribution in [3.63, 3.8) is 0 Å². The van der Waals surface area contributed by atoms with Gasteiger partial charge in [0.05, 0.1) is 11.3 Å². The Labute approximate surface area is 150 Å². The summed E-state index contributed by atoms with van der Waals surface area (Å²) in [4.78, 5) is 29.1. The van der Waals surface area contributed by atoms with Gasteiger partial charge in [-0.05, 0) is 60.6 Å². The van der Waals surface area contributed by atoms with Crippen molar-refractivity contribution < 1.29 is 32.2 Å². The van der Waals surface area contributed by atoms with E-state index in [4.69, 9.17) is 9.47 Å². The van der Waals surface area contributed by atoms with Crippen molar-refractivity contribution in [3.8, 4) is 0 Å². The number of amides is 2. The zero-order valence-corrected chi connectivity index (χ0v) is 15.8. The maximum Gasteiger partial charge on any atom is 0.425 e. The van der Waals surface area contributed by atoms with E-state index in [2.05, 4.69) is 4.98 Å². The molecule has 1 aromatic heterocycles. The van der Waals surface area contributed by atoms with Crippen LogP contribution < -0.4 is 4.90 Å². The topological polar surface area (TPSA) is 68.7 Å².